The number of aliphatic hydroxyl groups excluding tert-OH is 1. The molecular formula is C27H31N7O9. The summed E-state index contributed by atoms with van der Waals surface area (Å²) in [5.41, 5.74) is 1.52. The number of aliphatic carboxylic acids is 1. The topological polar surface area (TPSA) is 230 Å². The predicted octanol–water partition coefficient (Wildman–Crippen LogP) is -1.74. The van der Waals surface area contributed by atoms with Crippen LogP contribution in [0.25, 0.3) is 10.9 Å². The van der Waals surface area contributed by atoms with Crippen molar-refractivity contribution in [3.05, 3.63) is 36.0 Å². The van der Waals surface area contributed by atoms with E-state index < -0.39 is 71.6 Å². The first-order valence-electron chi connectivity index (χ1n) is 13.8. The minimum atomic E-state index is -1.25. The maximum atomic E-state index is 12.9. The zero-order chi connectivity index (χ0) is 30.8. The van der Waals surface area contributed by atoms with Gasteiger partial charge < -0.3 is 35.6 Å². The molecule has 2 saturated heterocycles. The summed E-state index contributed by atoms with van der Waals surface area (Å²) in [6, 6.07) is 2.64. The summed E-state index contributed by atoms with van der Waals surface area (Å²) in [7, 11) is 0. The number of nitrogens with one attached hydrogen (secondary N) is 5. The number of aromatic amines is 1. The predicted molar refractivity (Wildman–Crippen MR) is 146 cm³/mol. The molecule has 3 fully saturated rings. The standard InChI is InChI=1S/C27H31N7O9/c35-10-7-28-17(36)5-8-33-21-19(23(38)31-26(33)42)20-22(21)34(27(43)32-24(20)39)9-6-18(37)30-16(25(40)41)11-13-12-29-15-4-2-1-3-14(13)15/h1-4,12,16,19-22,29,35H,5-11H2,(H,28,36)(H,30,37)(H,40,41)(H,31,38,42)(H,32,39,43)/t16-,19-,20+,21-,22+/m0/s1. The first-order valence-corrected chi connectivity index (χ1v) is 13.8. The summed E-state index contributed by atoms with van der Waals surface area (Å²) in [4.78, 5) is 93.4. The van der Waals surface area contributed by atoms with Gasteiger partial charge in [0.05, 0.1) is 30.5 Å². The van der Waals surface area contributed by atoms with Gasteiger partial charge in [-0.25, -0.2) is 14.4 Å². The third-order valence-corrected chi connectivity index (χ3v) is 8.11. The number of para-hydroxylation sites is 1. The number of rotatable bonds is 12. The van der Waals surface area contributed by atoms with Crippen LogP contribution in [0, 0.1) is 11.8 Å². The van der Waals surface area contributed by atoms with Gasteiger partial charge >= 0.3 is 18.0 Å². The van der Waals surface area contributed by atoms with Crippen LogP contribution in [-0.4, -0.2) is 111 Å². The quantitative estimate of drug-likeness (QED) is 0.147. The monoisotopic (exact) mass is 597 g/mol. The van der Waals surface area contributed by atoms with Crippen molar-refractivity contribution in [3.63, 3.8) is 0 Å². The lowest BCUT2D eigenvalue weighted by Crippen LogP contribution is -2.82. The molecule has 3 aliphatic rings. The summed E-state index contributed by atoms with van der Waals surface area (Å²) < 4.78 is 0. The van der Waals surface area contributed by atoms with E-state index in [1.54, 1.807) is 6.20 Å². The highest BCUT2D eigenvalue weighted by molar-refractivity contribution is 6.07. The van der Waals surface area contributed by atoms with Gasteiger partial charge in [0.25, 0.3) is 0 Å². The molecule has 1 aromatic carbocycles. The second-order valence-corrected chi connectivity index (χ2v) is 10.6. The third-order valence-electron chi connectivity index (χ3n) is 8.11. The van der Waals surface area contributed by atoms with Crippen LogP contribution in [-0.2, 0) is 30.4 Å². The van der Waals surface area contributed by atoms with Gasteiger partial charge in [-0.2, -0.15) is 0 Å². The molecule has 0 spiro atoms. The van der Waals surface area contributed by atoms with Crippen LogP contribution in [0.4, 0.5) is 9.59 Å². The van der Waals surface area contributed by atoms with Crippen molar-refractivity contribution in [1.29, 1.82) is 0 Å². The lowest BCUT2D eigenvalue weighted by molar-refractivity contribution is -0.163. The molecular weight excluding hydrogens is 566 g/mol. The Kier molecular flexibility index (Phi) is 8.29. The number of benzene rings is 1. The van der Waals surface area contributed by atoms with E-state index in [4.69, 9.17) is 5.11 Å². The second kappa shape index (κ2) is 12.1. The lowest BCUT2D eigenvalue weighted by atomic mass is 9.60. The smallest absolute Gasteiger partial charge is 0.326 e. The van der Waals surface area contributed by atoms with Crippen molar-refractivity contribution in [2.45, 2.75) is 37.4 Å². The van der Waals surface area contributed by atoms with Gasteiger partial charge in [0, 0.05) is 56.0 Å². The number of fused-ring (bicyclic) bond motifs is 5. The molecule has 0 bridgehead atoms. The molecule has 0 unspecified atom stereocenters. The number of carboxylic acids is 1. The van der Waals surface area contributed by atoms with Gasteiger partial charge in [0.2, 0.25) is 23.6 Å². The lowest BCUT2D eigenvalue weighted by Gasteiger charge is -2.60. The molecule has 5 atom stereocenters. The molecule has 2 aromatic rings. The summed E-state index contributed by atoms with van der Waals surface area (Å²) >= 11 is 0. The second-order valence-electron chi connectivity index (χ2n) is 10.6. The molecule has 1 aliphatic carbocycles. The van der Waals surface area contributed by atoms with E-state index in [2.05, 4.69) is 26.3 Å². The molecule has 7 N–H and O–H groups in total. The van der Waals surface area contributed by atoms with Crippen molar-refractivity contribution in [2.75, 3.05) is 26.2 Å². The first-order chi connectivity index (χ1) is 20.6. The van der Waals surface area contributed by atoms with Gasteiger partial charge in [-0.05, 0) is 11.6 Å². The third kappa shape index (κ3) is 5.73. The number of urea groups is 2. The van der Waals surface area contributed by atoms with Crippen LogP contribution in [0.2, 0.25) is 0 Å². The van der Waals surface area contributed by atoms with Crippen LogP contribution in [0.5, 0.6) is 0 Å². The Bertz CT molecular complexity index is 1490. The Morgan fingerprint density at radius 1 is 0.884 bits per heavy atom. The van der Waals surface area contributed by atoms with Gasteiger partial charge in [-0.3, -0.25) is 29.8 Å². The Hall–Kier alpha value is -4.99. The highest BCUT2D eigenvalue weighted by Gasteiger charge is 2.67. The number of aliphatic hydroxyl groups is 1. The molecule has 43 heavy (non-hydrogen) atoms. The number of carbonyl (C=O) groups is 7. The SMILES string of the molecule is O=C(CCN1C(=O)NC(=O)[C@H]2[C@H]3C(=O)NC(=O)N(CCC(=O)N[C@@H](Cc4c[nH]c5ccccc45)C(=O)O)[C@H]3[C@H]21)NCCO. The number of carbonyl (C=O) groups excluding carboxylic acids is 6. The number of carboxylic acid groups (broad SMARTS) is 1. The van der Waals surface area contributed by atoms with Crippen molar-refractivity contribution in [1.82, 2.24) is 36.1 Å². The summed E-state index contributed by atoms with van der Waals surface area (Å²) in [6.45, 7) is -0.599. The highest BCUT2D eigenvalue weighted by atomic mass is 16.4. The number of H-pyrrole nitrogens is 1. The van der Waals surface area contributed by atoms with Crippen LogP contribution >= 0.6 is 0 Å². The zero-order valence-electron chi connectivity index (χ0n) is 22.9. The molecule has 228 valence electrons. The van der Waals surface area contributed by atoms with Gasteiger partial charge in [0.15, 0.2) is 0 Å². The fourth-order valence-corrected chi connectivity index (χ4v) is 6.10. The maximum absolute atomic E-state index is 12.9. The number of hydrogen-bond acceptors (Lipinski definition) is 8. The van der Waals surface area contributed by atoms with Crippen molar-refractivity contribution >= 4 is 52.6 Å². The molecule has 3 heterocycles. The largest absolute Gasteiger partial charge is 0.480 e. The maximum Gasteiger partial charge on any atom is 0.326 e. The van der Waals surface area contributed by atoms with E-state index in [1.165, 1.54) is 9.80 Å². The molecule has 1 saturated carbocycles. The average Bonchev–Trinajstić information content (AvgIpc) is 3.36. The van der Waals surface area contributed by atoms with Crippen LogP contribution in [0.15, 0.2) is 30.5 Å². The van der Waals surface area contributed by atoms with Crippen LogP contribution in [0.3, 0.4) is 0 Å². The fourth-order valence-electron chi connectivity index (χ4n) is 6.10. The van der Waals surface area contributed by atoms with Gasteiger partial charge in [-0.15, -0.1) is 0 Å². The van der Waals surface area contributed by atoms with Crippen molar-refractivity contribution < 1.29 is 43.8 Å². The molecule has 16 nitrogen and oxygen atoms in total. The first kappa shape index (κ1) is 29.5. The molecule has 2 aliphatic heterocycles. The Balaban J connectivity index is 1.26. The van der Waals surface area contributed by atoms with Gasteiger partial charge in [0.1, 0.15) is 6.04 Å². The number of imide groups is 2. The Morgan fingerprint density at radius 2 is 1.47 bits per heavy atom. The van der Waals surface area contributed by atoms with Crippen LogP contribution < -0.4 is 21.3 Å². The highest BCUT2D eigenvalue weighted by Crippen LogP contribution is 2.46. The fraction of sp³-hybridized carbons (Fsp3) is 0.444. The van der Waals surface area contributed by atoms with Crippen LogP contribution in [0.1, 0.15) is 18.4 Å². The molecule has 8 amide bonds. The van der Waals surface area contributed by atoms with E-state index in [0.717, 1.165) is 10.9 Å². The average molecular weight is 598 g/mol. The summed E-state index contributed by atoms with van der Waals surface area (Å²) in [5.74, 6) is -5.67. The summed E-state index contributed by atoms with van der Waals surface area (Å²) in [5, 5.41) is 28.8. The van der Waals surface area contributed by atoms with E-state index in [9.17, 15) is 38.7 Å². The molecule has 0 radical (unpaired) electrons. The minimum Gasteiger partial charge on any atom is -0.480 e. The normalized spacial score (nSPS) is 23.5. The van der Waals surface area contributed by atoms with E-state index in [1.807, 2.05) is 24.3 Å². The van der Waals surface area contributed by atoms with Crippen molar-refractivity contribution in [2.24, 2.45) is 11.8 Å². The molecule has 5 rings (SSSR count). The van der Waals surface area contributed by atoms with Gasteiger partial charge in [-0.1, -0.05) is 18.2 Å². The Morgan fingerprint density at radius 3 is 2.05 bits per heavy atom. The summed E-state index contributed by atoms with van der Waals surface area (Å²) in [6.07, 6.45) is 1.22. The van der Waals surface area contributed by atoms with Crippen molar-refractivity contribution in [3.8, 4) is 0 Å². The zero-order valence-corrected chi connectivity index (χ0v) is 22.9. The number of hydrogen-bond donors (Lipinski definition) is 7. The number of aromatic nitrogens is 1. The van der Waals surface area contributed by atoms with E-state index in [0.29, 0.717) is 5.56 Å². The number of nitrogens with zero attached hydrogens (tertiary/aromatic N) is 2. The molecule has 1 aromatic heterocycles. The Labute approximate surface area is 244 Å². The van der Waals surface area contributed by atoms with E-state index in [-0.39, 0.29) is 45.5 Å². The minimum absolute atomic E-state index is 0.0102. The molecule has 16 heteroatoms. The van der Waals surface area contributed by atoms with E-state index >= 15 is 0 Å². The number of amides is 8.